The van der Waals surface area contributed by atoms with Crippen molar-refractivity contribution in [2.45, 2.75) is 26.5 Å². The summed E-state index contributed by atoms with van der Waals surface area (Å²) in [5.41, 5.74) is -1.51. The fourth-order valence-corrected chi connectivity index (χ4v) is 5.35. The van der Waals surface area contributed by atoms with Gasteiger partial charge in [0.05, 0.1) is 29.7 Å². The Balaban J connectivity index is 1.37. The molecule has 2 amide bonds. The first kappa shape index (κ1) is 28.8. The number of ether oxygens (including phenoxy) is 1. The van der Waals surface area contributed by atoms with E-state index in [4.69, 9.17) is 4.74 Å². The number of nitrogens with zero attached hydrogens (tertiary/aromatic N) is 4. The second kappa shape index (κ2) is 11.3. The molecule has 1 atom stereocenters. The zero-order valence-corrected chi connectivity index (χ0v) is 22.8. The standard InChI is InChI=1S/C28H28F3N5O6/c1-3-33-14-19(27(39)40)26(38)18-11-21(30)25(23(31)24(18)33)35-8-6-34(7-9-35)22-10-16(4-5-20(22)29)36-13-17(42-28(36)41)12-32-15(2)37/h4-5,10-11,14,17H,3,6-9,12-13H2,1-2H3,(H,32,37)(H,39,40)/t17-/m0/s1. The molecule has 2 fully saturated rings. The zero-order valence-electron chi connectivity index (χ0n) is 22.8. The number of aromatic nitrogens is 1. The summed E-state index contributed by atoms with van der Waals surface area (Å²) in [4.78, 5) is 52.3. The lowest BCUT2D eigenvalue weighted by Crippen LogP contribution is -2.47. The number of benzene rings is 2. The number of fused-ring (bicyclic) bond motifs is 1. The van der Waals surface area contributed by atoms with Gasteiger partial charge in [-0.25, -0.2) is 22.8 Å². The van der Waals surface area contributed by atoms with E-state index in [1.807, 2.05) is 0 Å². The minimum Gasteiger partial charge on any atom is -0.477 e. The molecule has 0 radical (unpaired) electrons. The fourth-order valence-electron chi connectivity index (χ4n) is 5.35. The number of nitrogens with one attached hydrogen (secondary N) is 1. The molecule has 2 aliphatic rings. The summed E-state index contributed by atoms with van der Waals surface area (Å²) in [6.45, 7) is 4.03. The number of carbonyl (C=O) groups is 3. The van der Waals surface area contributed by atoms with Crippen LogP contribution >= 0.6 is 0 Å². The van der Waals surface area contributed by atoms with Crippen molar-refractivity contribution in [2.24, 2.45) is 0 Å². The van der Waals surface area contributed by atoms with E-state index in [1.165, 1.54) is 39.5 Å². The van der Waals surface area contributed by atoms with Crippen LogP contribution in [0.15, 0.2) is 35.3 Å². The Kier molecular flexibility index (Phi) is 7.71. The maximum absolute atomic E-state index is 15.8. The van der Waals surface area contributed by atoms with Crippen LogP contribution in [0.3, 0.4) is 0 Å². The van der Waals surface area contributed by atoms with Gasteiger partial charge in [-0.15, -0.1) is 0 Å². The lowest BCUT2D eigenvalue weighted by Gasteiger charge is -2.38. The summed E-state index contributed by atoms with van der Waals surface area (Å²) in [6, 6.07) is 5.03. The molecule has 3 aromatic rings. The molecule has 0 aliphatic carbocycles. The van der Waals surface area contributed by atoms with Crippen LogP contribution in [0.5, 0.6) is 0 Å². The average molecular weight is 588 g/mol. The van der Waals surface area contributed by atoms with Gasteiger partial charge < -0.3 is 29.5 Å². The number of carboxylic acid groups (broad SMARTS) is 1. The Morgan fingerprint density at radius 2 is 1.74 bits per heavy atom. The van der Waals surface area contributed by atoms with Gasteiger partial charge in [0.15, 0.2) is 5.82 Å². The van der Waals surface area contributed by atoms with Crippen LogP contribution < -0.4 is 25.4 Å². The number of carboxylic acids is 1. The predicted octanol–water partition coefficient (Wildman–Crippen LogP) is 2.92. The number of hydrogen-bond donors (Lipinski definition) is 2. The fraction of sp³-hybridized carbons (Fsp3) is 0.357. The number of cyclic esters (lactones) is 1. The highest BCUT2D eigenvalue weighted by atomic mass is 19.1. The van der Waals surface area contributed by atoms with Gasteiger partial charge in [-0.2, -0.15) is 0 Å². The first-order chi connectivity index (χ1) is 20.0. The van der Waals surface area contributed by atoms with Gasteiger partial charge >= 0.3 is 12.1 Å². The molecule has 2 aliphatic heterocycles. The van der Waals surface area contributed by atoms with Crippen LogP contribution in [-0.2, 0) is 16.1 Å². The number of anilines is 3. The van der Waals surface area contributed by atoms with E-state index >= 15 is 8.78 Å². The van der Waals surface area contributed by atoms with E-state index in [1.54, 1.807) is 11.8 Å². The molecule has 0 bridgehead atoms. The molecule has 222 valence electrons. The summed E-state index contributed by atoms with van der Waals surface area (Å²) >= 11 is 0. The minimum absolute atomic E-state index is 0.108. The maximum atomic E-state index is 15.8. The molecule has 0 saturated carbocycles. The monoisotopic (exact) mass is 587 g/mol. The molecule has 2 N–H and O–H groups in total. The van der Waals surface area contributed by atoms with Gasteiger partial charge in [0.2, 0.25) is 11.3 Å². The van der Waals surface area contributed by atoms with Crippen LogP contribution in [0.4, 0.5) is 35.0 Å². The summed E-state index contributed by atoms with van der Waals surface area (Å²) in [5, 5.41) is 11.6. The van der Waals surface area contributed by atoms with Crippen molar-refractivity contribution in [3.63, 3.8) is 0 Å². The van der Waals surface area contributed by atoms with Gasteiger partial charge in [-0.05, 0) is 31.2 Å². The third kappa shape index (κ3) is 5.19. The summed E-state index contributed by atoms with van der Waals surface area (Å²) in [5.74, 6) is -4.29. The number of amides is 2. The third-order valence-corrected chi connectivity index (χ3v) is 7.43. The number of halogens is 3. The smallest absolute Gasteiger partial charge is 0.414 e. The van der Waals surface area contributed by atoms with Crippen LogP contribution in [0, 0.1) is 17.5 Å². The van der Waals surface area contributed by atoms with Crippen molar-refractivity contribution >= 4 is 45.9 Å². The number of carbonyl (C=O) groups excluding carboxylic acids is 2. The molecular formula is C28H28F3N5O6. The Morgan fingerprint density at radius 1 is 1.05 bits per heavy atom. The lowest BCUT2D eigenvalue weighted by molar-refractivity contribution is -0.119. The lowest BCUT2D eigenvalue weighted by atomic mass is 10.1. The number of hydrogen-bond acceptors (Lipinski definition) is 7. The molecule has 11 nitrogen and oxygen atoms in total. The highest BCUT2D eigenvalue weighted by molar-refractivity contribution is 5.94. The zero-order chi connectivity index (χ0) is 30.3. The van der Waals surface area contributed by atoms with Crippen molar-refractivity contribution in [3.05, 3.63) is 63.7 Å². The summed E-state index contributed by atoms with van der Waals surface area (Å²) in [7, 11) is 0. The summed E-state index contributed by atoms with van der Waals surface area (Å²) in [6.07, 6.45) is -0.148. The molecule has 1 aromatic heterocycles. The number of aryl methyl sites for hydroxylation is 1. The van der Waals surface area contributed by atoms with E-state index in [-0.39, 0.29) is 74.0 Å². The number of pyridine rings is 1. The van der Waals surface area contributed by atoms with Crippen LogP contribution in [0.1, 0.15) is 24.2 Å². The van der Waals surface area contributed by atoms with E-state index in [0.29, 0.717) is 5.69 Å². The predicted molar refractivity (Wildman–Crippen MR) is 148 cm³/mol. The topological polar surface area (TPSA) is 124 Å². The highest BCUT2D eigenvalue weighted by Crippen LogP contribution is 2.33. The Labute approximate surface area is 237 Å². The van der Waals surface area contributed by atoms with E-state index in [0.717, 1.165) is 12.3 Å². The molecule has 2 saturated heterocycles. The molecule has 0 spiro atoms. The van der Waals surface area contributed by atoms with Crippen molar-refractivity contribution in [2.75, 3.05) is 54.0 Å². The Hall–Kier alpha value is -4.75. The van der Waals surface area contributed by atoms with Crippen molar-refractivity contribution in [1.82, 2.24) is 9.88 Å². The maximum Gasteiger partial charge on any atom is 0.414 e. The number of piperazine rings is 1. The molecule has 5 rings (SSSR count). The van der Waals surface area contributed by atoms with E-state index in [2.05, 4.69) is 5.32 Å². The van der Waals surface area contributed by atoms with Gasteiger partial charge in [0.1, 0.15) is 29.0 Å². The molecule has 3 heterocycles. The van der Waals surface area contributed by atoms with Crippen molar-refractivity contribution < 1.29 is 37.4 Å². The Morgan fingerprint density at radius 3 is 2.38 bits per heavy atom. The molecule has 0 unspecified atom stereocenters. The molecular weight excluding hydrogens is 559 g/mol. The average Bonchev–Trinajstić information content (AvgIpc) is 3.33. The van der Waals surface area contributed by atoms with Crippen molar-refractivity contribution in [1.29, 1.82) is 0 Å². The van der Waals surface area contributed by atoms with Crippen molar-refractivity contribution in [3.8, 4) is 0 Å². The second-order valence-electron chi connectivity index (χ2n) is 10.0. The molecule has 14 heteroatoms. The minimum atomic E-state index is -1.49. The van der Waals surface area contributed by atoms with E-state index in [9.17, 15) is 28.7 Å². The van der Waals surface area contributed by atoms with Gasteiger partial charge in [-0.3, -0.25) is 14.5 Å². The molecule has 2 aromatic carbocycles. The normalized spacial score (nSPS) is 17.1. The van der Waals surface area contributed by atoms with Crippen LogP contribution in [0.2, 0.25) is 0 Å². The van der Waals surface area contributed by atoms with Crippen LogP contribution in [-0.4, -0.2) is 73.0 Å². The number of rotatable bonds is 7. The first-order valence-corrected chi connectivity index (χ1v) is 13.3. The SMILES string of the molecule is CCn1cc(C(=O)O)c(=O)c2cc(F)c(N3CCN(c4cc(N5C[C@H](CNC(C)=O)OC5=O)ccc4F)CC3)c(F)c21. The molecule has 42 heavy (non-hydrogen) atoms. The van der Waals surface area contributed by atoms with Crippen LogP contribution in [0.25, 0.3) is 10.9 Å². The van der Waals surface area contributed by atoms with Gasteiger partial charge in [0.25, 0.3) is 0 Å². The Bertz CT molecular complexity index is 1650. The first-order valence-electron chi connectivity index (χ1n) is 13.3. The third-order valence-electron chi connectivity index (χ3n) is 7.43. The largest absolute Gasteiger partial charge is 0.477 e. The van der Waals surface area contributed by atoms with Gasteiger partial charge in [0, 0.05) is 51.5 Å². The summed E-state index contributed by atoms with van der Waals surface area (Å²) < 4.78 is 52.6. The van der Waals surface area contributed by atoms with Gasteiger partial charge in [-0.1, -0.05) is 0 Å². The second-order valence-corrected chi connectivity index (χ2v) is 10.0. The van der Waals surface area contributed by atoms with E-state index < -0.39 is 46.6 Å². The highest BCUT2D eigenvalue weighted by Gasteiger charge is 2.33. The quantitative estimate of drug-likeness (QED) is 0.433. The number of aromatic carboxylic acids is 1.